The first kappa shape index (κ1) is 15.5. The van der Waals surface area contributed by atoms with Gasteiger partial charge >= 0.3 is 0 Å². The first-order valence-electron chi connectivity index (χ1n) is 7.24. The molecule has 1 aliphatic heterocycles. The average Bonchev–Trinajstić information content (AvgIpc) is 3.15. The fraction of sp³-hybridized carbons (Fsp3) is 0.467. The van der Waals surface area contributed by atoms with E-state index < -0.39 is 0 Å². The van der Waals surface area contributed by atoms with Crippen LogP contribution >= 0.6 is 22.9 Å². The summed E-state index contributed by atoms with van der Waals surface area (Å²) in [7, 11) is 0. The van der Waals surface area contributed by atoms with Crippen LogP contribution in [0.1, 0.15) is 30.3 Å². The largest absolute Gasteiger partial charge is 0.393 e. The Morgan fingerprint density at radius 3 is 2.82 bits per heavy atom. The van der Waals surface area contributed by atoms with Crippen LogP contribution in [0.3, 0.4) is 0 Å². The summed E-state index contributed by atoms with van der Waals surface area (Å²) in [5.74, 6) is 0.700. The van der Waals surface area contributed by atoms with Gasteiger partial charge in [-0.15, -0.1) is 11.3 Å². The normalized spacial score (nSPS) is 17.7. The van der Waals surface area contributed by atoms with Crippen molar-refractivity contribution in [2.75, 3.05) is 13.1 Å². The van der Waals surface area contributed by atoms with Crippen LogP contribution in [0.5, 0.6) is 0 Å². The highest BCUT2D eigenvalue weighted by molar-refractivity contribution is 7.19. The second-order valence-corrected chi connectivity index (χ2v) is 7.27. The molecule has 1 aliphatic rings. The van der Waals surface area contributed by atoms with Gasteiger partial charge < -0.3 is 14.5 Å². The molecule has 3 rings (SSSR count). The Balaban J connectivity index is 1.67. The fourth-order valence-electron chi connectivity index (χ4n) is 2.69. The van der Waals surface area contributed by atoms with Crippen LogP contribution in [0.4, 0.5) is 0 Å². The van der Waals surface area contributed by atoms with E-state index in [-0.39, 0.29) is 17.9 Å². The lowest BCUT2D eigenvalue weighted by Crippen LogP contribution is -2.40. The van der Waals surface area contributed by atoms with Crippen LogP contribution in [0.15, 0.2) is 22.7 Å². The van der Waals surface area contributed by atoms with Crippen LogP contribution in [0.25, 0.3) is 10.6 Å². The van der Waals surface area contributed by atoms with E-state index in [1.807, 2.05) is 6.07 Å². The minimum Gasteiger partial charge on any atom is -0.393 e. The summed E-state index contributed by atoms with van der Waals surface area (Å²) < 4.78 is 5.92. The van der Waals surface area contributed by atoms with E-state index in [0.717, 1.165) is 17.7 Å². The van der Waals surface area contributed by atoms with Gasteiger partial charge in [-0.1, -0.05) is 16.8 Å². The third kappa shape index (κ3) is 3.19. The number of carbonyl (C=O) groups is 1. The maximum absolute atomic E-state index is 12.4. The number of aliphatic hydroxyl groups is 1. The Morgan fingerprint density at radius 1 is 1.50 bits per heavy atom. The minimum absolute atomic E-state index is 0.123. The Kier molecular flexibility index (Phi) is 4.52. The lowest BCUT2D eigenvalue weighted by Gasteiger charge is -2.32. The monoisotopic (exact) mass is 340 g/mol. The molecular weight excluding hydrogens is 324 g/mol. The fourth-order valence-corrected chi connectivity index (χ4v) is 3.68. The van der Waals surface area contributed by atoms with Gasteiger partial charge in [0.25, 0.3) is 5.91 Å². The lowest BCUT2D eigenvalue weighted by molar-refractivity contribution is 0.0514. The predicted molar refractivity (Wildman–Crippen MR) is 85.1 cm³/mol. The van der Waals surface area contributed by atoms with Crippen molar-refractivity contribution in [3.05, 3.63) is 28.2 Å². The Bertz CT molecular complexity index is 659. The number of piperidine rings is 1. The molecule has 1 amide bonds. The number of amides is 1. The van der Waals surface area contributed by atoms with E-state index >= 15 is 0 Å². The molecule has 118 valence electrons. The zero-order chi connectivity index (χ0) is 15.7. The zero-order valence-corrected chi connectivity index (χ0v) is 13.7. The molecule has 0 aliphatic carbocycles. The van der Waals surface area contributed by atoms with E-state index in [1.54, 1.807) is 24.0 Å². The number of aliphatic hydroxyl groups excluding tert-OH is 1. The van der Waals surface area contributed by atoms with Crippen molar-refractivity contribution < 1.29 is 14.4 Å². The van der Waals surface area contributed by atoms with Crippen LogP contribution in [-0.4, -0.2) is 40.3 Å². The molecule has 0 radical (unpaired) electrons. The molecule has 22 heavy (non-hydrogen) atoms. The molecule has 1 fully saturated rings. The Hall–Kier alpha value is -1.37. The molecule has 0 spiro atoms. The molecule has 1 N–H and O–H groups in total. The molecule has 0 bridgehead atoms. The summed E-state index contributed by atoms with van der Waals surface area (Å²) >= 11 is 7.29. The van der Waals surface area contributed by atoms with Gasteiger partial charge in [-0.25, -0.2) is 0 Å². The van der Waals surface area contributed by atoms with Crippen molar-refractivity contribution in [3.8, 4) is 10.6 Å². The third-order valence-electron chi connectivity index (χ3n) is 4.05. The minimum atomic E-state index is -0.320. The van der Waals surface area contributed by atoms with Crippen LogP contribution in [0, 0.1) is 5.92 Å². The summed E-state index contributed by atoms with van der Waals surface area (Å²) in [6, 6.07) is 5.29. The smallest absolute Gasteiger partial charge is 0.276 e. The maximum Gasteiger partial charge on any atom is 0.276 e. The van der Waals surface area contributed by atoms with Crippen molar-refractivity contribution in [3.63, 3.8) is 0 Å². The molecule has 0 saturated carbocycles. The molecule has 1 atom stereocenters. The number of aromatic nitrogens is 1. The third-order valence-corrected chi connectivity index (χ3v) is 5.30. The molecule has 5 nitrogen and oxygen atoms in total. The summed E-state index contributed by atoms with van der Waals surface area (Å²) in [5, 5.41) is 13.5. The van der Waals surface area contributed by atoms with Crippen molar-refractivity contribution in [1.82, 2.24) is 10.1 Å². The van der Waals surface area contributed by atoms with E-state index in [9.17, 15) is 9.90 Å². The second kappa shape index (κ2) is 6.40. The SMILES string of the molecule is CC(O)C1CCN(C(=O)c2cc(-c3ccc(Cl)s3)on2)CC1. The summed E-state index contributed by atoms with van der Waals surface area (Å²) in [4.78, 5) is 15.1. The van der Waals surface area contributed by atoms with Crippen LogP contribution in [-0.2, 0) is 0 Å². The topological polar surface area (TPSA) is 66.6 Å². The van der Waals surface area contributed by atoms with Gasteiger partial charge in [-0.05, 0) is 37.8 Å². The first-order valence-corrected chi connectivity index (χ1v) is 8.44. The quantitative estimate of drug-likeness (QED) is 0.931. The van der Waals surface area contributed by atoms with Gasteiger partial charge in [0, 0.05) is 19.2 Å². The van der Waals surface area contributed by atoms with E-state index in [1.165, 1.54) is 11.3 Å². The number of nitrogens with zero attached hydrogens (tertiary/aromatic N) is 2. The van der Waals surface area contributed by atoms with Gasteiger partial charge in [0.1, 0.15) is 0 Å². The summed E-state index contributed by atoms with van der Waals surface area (Å²) in [5.41, 5.74) is 0.315. The molecule has 2 aromatic heterocycles. The standard InChI is InChI=1S/C15H17ClN2O3S/c1-9(19)10-4-6-18(7-5-10)15(20)11-8-12(21-17-11)13-2-3-14(16)22-13/h2-3,8-10,19H,4-7H2,1H3. The summed E-state index contributed by atoms with van der Waals surface area (Å²) in [6.07, 6.45) is 1.31. The highest BCUT2D eigenvalue weighted by Crippen LogP contribution is 2.31. The number of likely N-dealkylation sites (tertiary alicyclic amines) is 1. The molecular formula is C15H17ClN2O3S. The Morgan fingerprint density at radius 2 is 2.23 bits per heavy atom. The van der Waals surface area contributed by atoms with E-state index in [2.05, 4.69) is 5.16 Å². The molecule has 3 heterocycles. The second-order valence-electron chi connectivity index (χ2n) is 5.55. The van der Waals surface area contributed by atoms with Gasteiger partial charge in [-0.3, -0.25) is 4.79 Å². The molecule has 7 heteroatoms. The molecule has 2 aromatic rings. The van der Waals surface area contributed by atoms with Crippen LogP contribution < -0.4 is 0 Å². The molecule has 1 unspecified atom stereocenters. The number of rotatable bonds is 3. The van der Waals surface area contributed by atoms with Crippen molar-refractivity contribution in [2.24, 2.45) is 5.92 Å². The van der Waals surface area contributed by atoms with E-state index in [0.29, 0.717) is 28.9 Å². The Labute approximate surface area is 137 Å². The van der Waals surface area contributed by atoms with Crippen LogP contribution in [0.2, 0.25) is 4.34 Å². The number of halogens is 1. The van der Waals surface area contributed by atoms with Crippen molar-refractivity contribution >= 4 is 28.8 Å². The lowest BCUT2D eigenvalue weighted by atomic mass is 9.92. The number of carbonyl (C=O) groups excluding carboxylic acids is 1. The van der Waals surface area contributed by atoms with Gasteiger partial charge in [0.15, 0.2) is 11.5 Å². The van der Waals surface area contributed by atoms with Gasteiger partial charge in [0.05, 0.1) is 15.3 Å². The van der Waals surface area contributed by atoms with Crippen molar-refractivity contribution in [2.45, 2.75) is 25.9 Å². The zero-order valence-electron chi connectivity index (χ0n) is 12.2. The highest BCUT2D eigenvalue weighted by atomic mass is 35.5. The average molecular weight is 341 g/mol. The first-order chi connectivity index (χ1) is 10.5. The van der Waals surface area contributed by atoms with E-state index in [4.69, 9.17) is 16.1 Å². The summed E-state index contributed by atoms with van der Waals surface area (Å²) in [6.45, 7) is 3.08. The molecule has 1 saturated heterocycles. The highest BCUT2D eigenvalue weighted by Gasteiger charge is 2.27. The number of hydrogen-bond acceptors (Lipinski definition) is 5. The maximum atomic E-state index is 12.4. The van der Waals surface area contributed by atoms with Gasteiger partial charge in [-0.2, -0.15) is 0 Å². The van der Waals surface area contributed by atoms with Gasteiger partial charge in [0.2, 0.25) is 0 Å². The van der Waals surface area contributed by atoms with Crippen molar-refractivity contribution in [1.29, 1.82) is 0 Å². The number of hydrogen-bond donors (Lipinski definition) is 1. The molecule has 0 aromatic carbocycles. The number of thiophene rings is 1. The predicted octanol–water partition coefficient (Wildman–Crippen LogP) is 3.29.